The van der Waals surface area contributed by atoms with Crippen LogP contribution in [0.4, 0.5) is 0 Å². The first kappa shape index (κ1) is 13.6. The fourth-order valence-corrected chi connectivity index (χ4v) is 3.12. The summed E-state index contributed by atoms with van der Waals surface area (Å²) < 4.78 is 0. The summed E-state index contributed by atoms with van der Waals surface area (Å²) in [6, 6.07) is 4.65. The van der Waals surface area contributed by atoms with Gasteiger partial charge in [0.25, 0.3) is 0 Å². The highest BCUT2D eigenvalue weighted by atomic mass is 14.9. The summed E-state index contributed by atoms with van der Waals surface area (Å²) in [6.07, 6.45) is 5.62. The maximum Gasteiger partial charge on any atom is 0.0208 e. The third-order valence-corrected chi connectivity index (χ3v) is 4.63. The van der Waals surface area contributed by atoms with Crippen LogP contribution in [0.5, 0.6) is 0 Å². The molecule has 1 aromatic rings. The molecule has 0 amide bonds. The lowest BCUT2D eigenvalue weighted by Gasteiger charge is -2.24. The van der Waals surface area contributed by atoms with Gasteiger partial charge in [-0.1, -0.05) is 31.9 Å². The van der Waals surface area contributed by atoms with Crippen molar-refractivity contribution < 1.29 is 0 Å². The summed E-state index contributed by atoms with van der Waals surface area (Å²) in [6.45, 7) is 11.2. The molecule has 1 nitrogen and oxygen atoms in total. The highest BCUT2D eigenvalue weighted by Crippen LogP contribution is 2.36. The Hall–Kier alpha value is -0.820. The summed E-state index contributed by atoms with van der Waals surface area (Å²) in [5.74, 6) is 0. The zero-order valence-corrected chi connectivity index (χ0v) is 12.4. The van der Waals surface area contributed by atoms with E-state index in [0.29, 0.717) is 5.41 Å². The number of hydrogen-bond donors (Lipinski definition) is 1. The van der Waals surface area contributed by atoms with Gasteiger partial charge in [0.1, 0.15) is 0 Å². The number of rotatable bonds is 4. The monoisotopic (exact) mass is 245 g/mol. The second kappa shape index (κ2) is 5.44. The summed E-state index contributed by atoms with van der Waals surface area (Å²) in [5, 5.41) is 3.67. The molecular weight excluding hydrogens is 218 g/mol. The van der Waals surface area contributed by atoms with Crippen LogP contribution in [0.3, 0.4) is 0 Å². The normalized spacial score (nSPS) is 18.2. The molecule has 0 bridgehead atoms. The van der Waals surface area contributed by atoms with Crippen molar-refractivity contribution in [3.63, 3.8) is 0 Å². The highest BCUT2D eigenvalue weighted by molar-refractivity contribution is 5.36. The molecule has 0 saturated heterocycles. The van der Waals surface area contributed by atoms with Crippen molar-refractivity contribution in [2.75, 3.05) is 6.54 Å². The minimum Gasteiger partial charge on any atom is -0.312 e. The van der Waals surface area contributed by atoms with E-state index in [1.807, 2.05) is 0 Å². The first-order chi connectivity index (χ1) is 8.50. The van der Waals surface area contributed by atoms with Gasteiger partial charge in [-0.3, -0.25) is 0 Å². The molecular formula is C17H27N. The standard InChI is InChI=1S/C17H27N/c1-13-9-15(3)16(10-14(13)2)11-18-12-17(4)7-5-6-8-17/h9-10,18H,5-8,11-12H2,1-4H3. The van der Waals surface area contributed by atoms with Crippen molar-refractivity contribution in [1.29, 1.82) is 0 Å². The summed E-state index contributed by atoms with van der Waals surface area (Å²) in [7, 11) is 0. The third-order valence-electron chi connectivity index (χ3n) is 4.63. The lowest BCUT2D eigenvalue weighted by Crippen LogP contribution is -2.29. The van der Waals surface area contributed by atoms with E-state index in [-0.39, 0.29) is 0 Å². The first-order valence-electron chi connectivity index (χ1n) is 7.28. The second-order valence-electron chi connectivity index (χ2n) is 6.48. The molecule has 0 heterocycles. The maximum absolute atomic E-state index is 3.67. The Bertz CT molecular complexity index is 414. The molecule has 1 aliphatic carbocycles. The molecule has 1 saturated carbocycles. The SMILES string of the molecule is Cc1cc(C)c(CNCC2(C)CCCC2)cc1C. The topological polar surface area (TPSA) is 12.0 Å². The first-order valence-corrected chi connectivity index (χ1v) is 7.28. The zero-order chi connectivity index (χ0) is 13.2. The van der Waals surface area contributed by atoms with Gasteiger partial charge in [-0.2, -0.15) is 0 Å². The minimum atomic E-state index is 0.549. The fraction of sp³-hybridized carbons (Fsp3) is 0.647. The van der Waals surface area contributed by atoms with Crippen LogP contribution < -0.4 is 5.32 Å². The Labute approximate surface area is 112 Å². The Kier molecular flexibility index (Phi) is 4.11. The number of aryl methyl sites for hydroxylation is 3. The molecule has 0 aliphatic heterocycles. The van der Waals surface area contributed by atoms with Gasteiger partial charge in [0.15, 0.2) is 0 Å². The molecule has 0 atom stereocenters. The number of benzene rings is 1. The second-order valence-corrected chi connectivity index (χ2v) is 6.48. The van der Waals surface area contributed by atoms with Gasteiger partial charge >= 0.3 is 0 Å². The zero-order valence-electron chi connectivity index (χ0n) is 12.4. The molecule has 1 aromatic carbocycles. The Morgan fingerprint density at radius 2 is 1.61 bits per heavy atom. The van der Waals surface area contributed by atoms with Gasteiger partial charge in [-0.25, -0.2) is 0 Å². The van der Waals surface area contributed by atoms with Gasteiger partial charge in [0.05, 0.1) is 0 Å². The fourth-order valence-electron chi connectivity index (χ4n) is 3.12. The van der Waals surface area contributed by atoms with Crippen LogP contribution in [0.15, 0.2) is 12.1 Å². The predicted molar refractivity (Wildman–Crippen MR) is 78.9 cm³/mol. The van der Waals surface area contributed by atoms with Gasteiger partial charge in [0, 0.05) is 13.1 Å². The van der Waals surface area contributed by atoms with Crippen molar-refractivity contribution >= 4 is 0 Å². The highest BCUT2D eigenvalue weighted by Gasteiger charge is 2.27. The van der Waals surface area contributed by atoms with E-state index in [4.69, 9.17) is 0 Å². The van der Waals surface area contributed by atoms with E-state index in [1.165, 1.54) is 54.5 Å². The summed E-state index contributed by atoms with van der Waals surface area (Å²) in [4.78, 5) is 0. The molecule has 1 fully saturated rings. The smallest absolute Gasteiger partial charge is 0.0208 e. The predicted octanol–water partition coefficient (Wildman–Crippen LogP) is 4.28. The number of nitrogens with one attached hydrogen (secondary N) is 1. The molecule has 0 radical (unpaired) electrons. The van der Waals surface area contributed by atoms with E-state index in [9.17, 15) is 0 Å². The van der Waals surface area contributed by atoms with Crippen LogP contribution in [0.1, 0.15) is 54.9 Å². The molecule has 1 aliphatic rings. The number of hydrogen-bond acceptors (Lipinski definition) is 1. The average Bonchev–Trinajstić information content (AvgIpc) is 2.73. The van der Waals surface area contributed by atoms with E-state index < -0.39 is 0 Å². The summed E-state index contributed by atoms with van der Waals surface area (Å²) in [5.41, 5.74) is 6.23. The molecule has 0 aromatic heterocycles. The van der Waals surface area contributed by atoms with Crippen molar-refractivity contribution in [2.45, 2.75) is 59.9 Å². The van der Waals surface area contributed by atoms with Crippen LogP contribution in [0, 0.1) is 26.2 Å². The minimum absolute atomic E-state index is 0.549. The van der Waals surface area contributed by atoms with Crippen LogP contribution in [0.25, 0.3) is 0 Å². The molecule has 0 spiro atoms. The van der Waals surface area contributed by atoms with Gasteiger partial charge < -0.3 is 5.32 Å². The molecule has 0 unspecified atom stereocenters. The van der Waals surface area contributed by atoms with Crippen molar-refractivity contribution in [2.24, 2.45) is 5.41 Å². The van der Waals surface area contributed by atoms with Crippen LogP contribution in [-0.4, -0.2) is 6.54 Å². The third kappa shape index (κ3) is 3.14. The van der Waals surface area contributed by atoms with Gasteiger partial charge in [-0.15, -0.1) is 0 Å². The van der Waals surface area contributed by atoms with Crippen molar-refractivity contribution in [3.05, 3.63) is 34.4 Å². The quantitative estimate of drug-likeness (QED) is 0.834. The largest absolute Gasteiger partial charge is 0.312 e. The van der Waals surface area contributed by atoms with E-state index in [1.54, 1.807) is 0 Å². The summed E-state index contributed by atoms with van der Waals surface area (Å²) >= 11 is 0. The van der Waals surface area contributed by atoms with Crippen LogP contribution >= 0.6 is 0 Å². The van der Waals surface area contributed by atoms with Crippen molar-refractivity contribution in [3.8, 4) is 0 Å². The van der Waals surface area contributed by atoms with E-state index >= 15 is 0 Å². The van der Waals surface area contributed by atoms with Crippen LogP contribution in [0.2, 0.25) is 0 Å². The van der Waals surface area contributed by atoms with Gasteiger partial charge in [0.2, 0.25) is 0 Å². The van der Waals surface area contributed by atoms with Crippen LogP contribution in [-0.2, 0) is 6.54 Å². The molecule has 1 N–H and O–H groups in total. The molecule has 100 valence electrons. The van der Waals surface area contributed by atoms with E-state index in [2.05, 4.69) is 45.1 Å². The average molecular weight is 245 g/mol. The maximum atomic E-state index is 3.67. The van der Waals surface area contributed by atoms with Gasteiger partial charge in [-0.05, 0) is 61.3 Å². The Balaban J connectivity index is 1.92. The lowest BCUT2D eigenvalue weighted by molar-refractivity contribution is 0.314. The Morgan fingerprint density at radius 3 is 2.28 bits per heavy atom. The molecule has 18 heavy (non-hydrogen) atoms. The molecule has 2 rings (SSSR count). The van der Waals surface area contributed by atoms with E-state index in [0.717, 1.165) is 6.54 Å². The molecule has 1 heteroatoms. The Morgan fingerprint density at radius 1 is 1.00 bits per heavy atom. The van der Waals surface area contributed by atoms with Crippen molar-refractivity contribution in [1.82, 2.24) is 5.32 Å². The lowest BCUT2D eigenvalue weighted by atomic mass is 9.89.